The lowest BCUT2D eigenvalue weighted by atomic mass is 9.87. The maximum atomic E-state index is 11.4. The van der Waals surface area contributed by atoms with E-state index >= 15 is 0 Å². The summed E-state index contributed by atoms with van der Waals surface area (Å²) < 4.78 is 0. The predicted octanol–water partition coefficient (Wildman–Crippen LogP) is 1.89. The average Bonchev–Trinajstić information content (AvgIpc) is 1.82. The van der Waals surface area contributed by atoms with Gasteiger partial charge in [-0.3, -0.25) is 4.79 Å². The topological polar surface area (TPSA) is 40.1 Å². The normalized spacial score (nSPS) is 14.5. The molecule has 0 saturated heterocycles. The van der Waals surface area contributed by atoms with Crippen LogP contribution in [0.3, 0.4) is 0 Å². The number of hydrogen-bond donors (Lipinski definition) is 0. The Hall–Kier alpha value is -0.790. The van der Waals surface area contributed by atoms with Crippen LogP contribution >= 0.6 is 0 Å². The van der Waals surface area contributed by atoms with Gasteiger partial charge < -0.3 is 5.11 Å². The van der Waals surface area contributed by atoms with Crippen LogP contribution in [0.25, 0.3) is 0 Å². The number of allylic oxidation sites excluding steroid dienone is 2. The summed E-state index contributed by atoms with van der Waals surface area (Å²) in [6, 6.07) is 0. The van der Waals surface area contributed by atoms with Crippen LogP contribution in [-0.2, 0) is 4.79 Å². The lowest BCUT2D eigenvalue weighted by Crippen LogP contribution is -2.25. The van der Waals surface area contributed by atoms with Gasteiger partial charge in [-0.2, -0.15) is 0 Å². The van der Waals surface area contributed by atoms with Gasteiger partial charge in [-0.1, -0.05) is 41.5 Å². The van der Waals surface area contributed by atoms with E-state index in [4.69, 9.17) is 0 Å². The van der Waals surface area contributed by atoms with Crippen molar-refractivity contribution in [2.45, 2.75) is 41.5 Å². The largest absolute Gasteiger partial charge is 0.875 e. The van der Waals surface area contributed by atoms with Crippen molar-refractivity contribution in [3.63, 3.8) is 0 Å². The molecule has 0 spiro atoms. The highest BCUT2D eigenvalue weighted by Gasteiger charge is 2.19. The van der Waals surface area contributed by atoms with Crippen LogP contribution in [-0.4, -0.2) is 5.78 Å². The summed E-state index contributed by atoms with van der Waals surface area (Å²) in [5.41, 5.74) is -0.915. The molecule has 0 atom stereocenters. The molecule has 0 unspecified atom stereocenters. The van der Waals surface area contributed by atoms with Gasteiger partial charge in [0.1, 0.15) is 0 Å². The lowest BCUT2D eigenvalue weighted by Gasteiger charge is -2.28. The van der Waals surface area contributed by atoms with Crippen LogP contribution in [0, 0.1) is 10.8 Å². The third-order valence-electron chi connectivity index (χ3n) is 1.74. The van der Waals surface area contributed by atoms with Crippen molar-refractivity contribution in [2.24, 2.45) is 10.8 Å². The first-order valence-corrected chi connectivity index (χ1v) is 4.49. The molecule has 0 aromatic carbocycles. The summed E-state index contributed by atoms with van der Waals surface area (Å²) in [7, 11) is 0. The Labute approximate surface area is 80.7 Å². The zero-order valence-electron chi connectivity index (χ0n) is 9.39. The molecule has 0 heterocycles. The number of rotatable bonds is 1. The van der Waals surface area contributed by atoms with Crippen molar-refractivity contribution < 1.29 is 9.90 Å². The second kappa shape index (κ2) is 3.52. The van der Waals surface area contributed by atoms with Gasteiger partial charge in [-0.15, -0.1) is 5.76 Å². The fraction of sp³-hybridized carbons (Fsp3) is 0.727. The van der Waals surface area contributed by atoms with E-state index in [-0.39, 0.29) is 11.5 Å². The Morgan fingerprint density at radius 2 is 1.38 bits per heavy atom. The molecule has 76 valence electrons. The lowest BCUT2D eigenvalue weighted by molar-refractivity contribution is -0.322. The van der Waals surface area contributed by atoms with E-state index in [9.17, 15) is 9.90 Å². The first-order valence-electron chi connectivity index (χ1n) is 4.49. The number of hydrogen-bond acceptors (Lipinski definition) is 2. The summed E-state index contributed by atoms with van der Waals surface area (Å²) in [6.45, 7) is 10.8. The molecule has 0 rings (SSSR count). The van der Waals surface area contributed by atoms with Gasteiger partial charge in [0.2, 0.25) is 0 Å². The zero-order chi connectivity index (χ0) is 10.9. The molecule has 0 bridgehead atoms. The van der Waals surface area contributed by atoms with Crippen molar-refractivity contribution in [3.05, 3.63) is 11.8 Å². The molecule has 0 amide bonds. The first kappa shape index (κ1) is 12.2. The predicted molar refractivity (Wildman–Crippen MR) is 52.0 cm³/mol. The summed E-state index contributed by atoms with van der Waals surface area (Å²) >= 11 is 0. The number of ketones is 1. The van der Waals surface area contributed by atoms with Crippen LogP contribution in [0.15, 0.2) is 11.8 Å². The Bertz CT molecular complexity index is 223. The second-order valence-electron chi connectivity index (χ2n) is 5.37. The quantitative estimate of drug-likeness (QED) is 0.460. The van der Waals surface area contributed by atoms with E-state index in [1.54, 1.807) is 0 Å². The van der Waals surface area contributed by atoms with Crippen molar-refractivity contribution in [3.8, 4) is 0 Å². The second-order valence-corrected chi connectivity index (χ2v) is 5.37. The van der Waals surface area contributed by atoms with Gasteiger partial charge in [-0.25, -0.2) is 0 Å². The van der Waals surface area contributed by atoms with E-state index in [1.165, 1.54) is 6.08 Å². The summed E-state index contributed by atoms with van der Waals surface area (Å²) in [4.78, 5) is 11.4. The van der Waals surface area contributed by atoms with Crippen molar-refractivity contribution >= 4 is 5.78 Å². The van der Waals surface area contributed by atoms with Gasteiger partial charge in [0.15, 0.2) is 5.78 Å². The maximum Gasteiger partial charge on any atom is 0.160 e. The van der Waals surface area contributed by atoms with Crippen LogP contribution in [0.2, 0.25) is 0 Å². The van der Waals surface area contributed by atoms with E-state index in [2.05, 4.69) is 0 Å². The van der Waals surface area contributed by atoms with Crippen LogP contribution in [0.4, 0.5) is 0 Å². The van der Waals surface area contributed by atoms with Crippen molar-refractivity contribution in [2.75, 3.05) is 0 Å². The van der Waals surface area contributed by atoms with Gasteiger partial charge in [-0.05, 0) is 11.5 Å². The SMILES string of the molecule is CC(C)(C)C(=O)C=C([O-])C(C)(C)C. The molecule has 0 fully saturated rings. The standard InChI is InChI=1S/C11H20O2/c1-10(2,3)8(12)7-9(13)11(4,5)6/h7,12H,1-6H3/p-1. The number of carbonyl (C=O) groups excluding carboxylic acids is 1. The smallest absolute Gasteiger partial charge is 0.160 e. The molecule has 0 aromatic heterocycles. The summed E-state index contributed by atoms with van der Waals surface area (Å²) in [5, 5.41) is 11.4. The van der Waals surface area contributed by atoms with E-state index in [1.807, 2.05) is 41.5 Å². The molecule has 0 radical (unpaired) electrons. The highest BCUT2D eigenvalue weighted by Crippen LogP contribution is 2.23. The molecule has 0 aromatic rings. The molecule has 0 N–H and O–H groups in total. The Balaban J connectivity index is 4.70. The van der Waals surface area contributed by atoms with E-state index in [0.29, 0.717) is 0 Å². The van der Waals surface area contributed by atoms with Gasteiger partial charge in [0, 0.05) is 5.41 Å². The van der Waals surface area contributed by atoms with Crippen molar-refractivity contribution in [1.82, 2.24) is 0 Å². The fourth-order valence-corrected chi connectivity index (χ4v) is 0.552. The molecular weight excluding hydrogens is 164 g/mol. The zero-order valence-corrected chi connectivity index (χ0v) is 9.39. The molecule has 0 saturated carbocycles. The molecule has 0 aliphatic carbocycles. The van der Waals surface area contributed by atoms with E-state index < -0.39 is 10.8 Å². The minimum atomic E-state index is -0.457. The molecular formula is C11H19O2-. The van der Waals surface area contributed by atoms with Gasteiger partial charge >= 0.3 is 0 Å². The Morgan fingerprint density at radius 3 is 1.62 bits per heavy atom. The maximum absolute atomic E-state index is 11.4. The third-order valence-corrected chi connectivity index (χ3v) is 1.74. The molecule has 2 nitrogen and oxygen atoms in total. The highest BCUT2D eigenvalue weighted by atomic mass is 16.3. The first-order chi connectivity index (χ1) is 5.55. The number of carbonyl (C=O) groups is 1. The minimum absolute atomic E-state index is 0.104. The average molecular weight is 183 g/mol. The van der Waals surface area contributed by atoms with Gasteiger partial charge in [0.05, 0.1) is 0 Å². The fourth-order valence-electron chi connectivity index (χ4n) is 0.552. The van der Waals surface area contributed by atoms with Gasteiger partial charge in [0.25, 0.3) is 0 Å². The Kier molecular flexibility index (Phi) is 3.31. The van der Waals surface area contributed by atoms with Crippen molar-refractivity contribution in [1.29, 1.82) is 0 Å². The van der Waals surface area contributed by atoms with Crippen LogP contribution < -0.4 is 5.11 Å². The molecule has 13 heavy (non-hydrogen) atoms. The monoisotopic (exact) mass is 183 g/mol. The Morgan fingerprint density at radius 1 is 1.00 bits per heavy atom. The summed E-state index contributed by atoms with van der Waals surface area (Å²) in [5.74, 6) is -0.208. The van der Waals surface area contributed by atoms with Crippen LogP contribution in [0.5, 0.6) is 0 Å². The van der Waals surface area contributed by atoms with E-state index in [0.717, 1.165) is 0 Å². The molecule has 0 aliphatic heterocycles. The molecule has 2 heteroatoms. The molecule has 0 aliphatic rings. The highest BCUT2D eigenvalue weighted by molar-refractivity contribution is 5.94. The summed E-state index contributed by atoms with van der Waals surface area (Å²) in [6.07, 6.45) is 1.22. The minimum Gasteiger partial charge on any atom is -0.875 e. The van der Waals surface area contributed by atoms with Crippen LogP contribution in [0.1, 0.15) is 41.5 Å². The third kappa shape index (κ3) is 4.11.